The Bertz CT molecular complexity index is 560. The average Bonchev–Trinajstić information content (AvgIpc) is 2.77. The number of nitrogens with zero attached hydrogens (tertiary/aromatic N) is 2. The molecule has 0 spiro atoms. The van der Waals surface area contributed by atoms with E-state index in [1.165, 1.54) is 0 Å². The van der Waals surface area contributed by atoms with Crippen LogP contribution in [0.1, 0.15) is 28.4 Å². The summed E-state index contributed by atoms with van der Waals surface area (Å²) in [6.45, 7) is 4.07. The number of methoxy groups -OCH3 is 1. The van der Waals surface area contributed by atoms with Gasteiger partial charge in [-0.3, -0.25) is 4.68 Å². The van der Waals surface area contributed by atoms with Gasteiger partial charge in [-0.25, -0.2) is 0 Å². The fourth-order valence-corrected chi connectivity index (χ4v) is 2.22. The van der Waals surface area contributed by atoms with Crippen LogP contribution in [0.4, 0.5) is 0 Å². The number of aromatic nitrogens is 2. The van der Waals surface area contributed by atoms with Crippen LogP contribution in [0.15, 0.2) is 24.4 Å². The Kier molecular flexibility index (Phi) is 3.39. The highest BCUT2D eigenvalue weighted by Crippen LogP contribution is 2.28. The largest absolute Gasteiger partial charge is 0.496 e. The lowest BCUT2D eigenvalue weighted by Gasteiger charge is -2.17. The molecule has 4 nitrogen and oxygen atoms in total. The van der Waals surface area contributed by atoms with Crippen LogP contribution in [0.5, 0.6) is 5.75 Å². The average molecular weight is 245 g/mol. The second-order valence-electron chi connectivity index (χ2n) is 4.54. The number of ether oxygens (including phenoxy) is 1. The molecule has 2 rings (SSSR count). The Hall–Kier alpha value is -1.81. The van der Waals surface area contributed by atoms with Crippen LogP contribution in [-0.2, 0) is 7.05 Å². The summed E-state index contributed by atoms with van der Waals surface area (Å²) in [6.07, 6.45) is 1.76. The molecule has 2 aromatic rings. The zero-order chi connectivity index (χ0) is 13.3. The van der Waals surface area contributed by atoms with Gasteiger partial charge in [0.1, 0.15) is 5.75 Å². The van der Waals surface area contributed by atoms with E-state index in [0.717, 1.165) is 28.1 Å². The van der Waals surface area contributed by atoms with Crippen LogP contribution in [0.2, 0.25) is 0 Å². The van der Waals surface area contributed by atoms with Crippen molar-refractivity contribution in [3.63, 3.8) is 0 Å². The molecule has 18 heavy (non-hydrogen) atoms. The van der Waals surface area contributed by atoms with Gasteiger partial charge in [-0.2, -0.15) is 5.10 Å². The molecular weight excluding hydrogens is 226 g/mol. The molecule has 0 bridgehead atoms. The van der Waals surface area contributed by atoms with Gasteiger partial charge in [0.2, 0.25) is 0 Å². The molecular formula is C14H19N3O. The Morgan fingerprint density at radius 2 is 2.00 bits per heavy atom. The highest BCUT2D eigenvalue weighted by Gasteiger charge is 2.16. The van der Waals surface area contributed by atoms with Gasteiger partial charge in [0.25, 0.3) is 0 Å². The summed E-state index contributed by atoms with van der Waals surface area (Å²) < 4.78 is 7.13. The first-order valence-corrected chi connectivity index (χ1v) is 5.93. The summed E-state index contributed by atoms with van der Waals surface area (Å²) >= 11 is 0. The zero-order valence-electron chi connectivity index (χ0n) is 11.3. The third kappa shape index (κ3) is 2.11. The fraction of sp³-hybridized carbons (Fsp3) is 0.357. The van der Waals surface area contributed by atoms with Crippen molar-refractivity contribution in [1.29, 1.82) is 0 Å². The van der Waals surface area contributed by atoms with Crippen LogP contribution in [-0.4, -0.2) is 16.9 Å². The molecule has 0 saturated heterocycles. The maximum absolute atomic E-state index is 6.32. The molecule has 0 aliphatic heterocycles. The van der Waals surface area contributed by atoms with Crippen LogP contribution < -0.4 is 10.5 Å². The summed E-state index contributed by atoms with van der Waals surface area (Å²) in [5.74, 6) is 0.897. The first kappa shape index (κ1) is 12.6. The molecule has 1 atom stereocenters. The molecule has 1 aromatic heterocycles. The number of aryl methyl sites for hydroxylation is 3. The lowest BCUT2D eigenvalue weighted by Crippen LogP contribution is -2.17. The summed E-state index contributed by atoms with van der Waals surface area (Å²) in [4.78, 5) is 0. The molecule has 4 heteroatoms. The van der Waals surface area contributed by atoms with E-state index in [0.29, 0.717) is 0 Å². The van der Waals surface area contributed by atoms with Crippen molar-refractivity contribution in [3.05, 3.63) is 46.8 Å². The molecule has 0 aliphatic rings. The quantitative estimate of drug-likeness (QED) is 0.901. The van der Waals surface area contributed by atoms with Gasteiger partial charge in [0, 0.05) is 13.2 Å². The second-order valence-corrected chi connectivity index (χ2v) is 4.54. The Labute approximate surface area is 107 Å². The topological polar surface area (TPSA) is 53.1 Å². The smallest absolute Gasteiger partial charge is 0.122 e. The summed E-state index contributed by atoms with van der Waals surface area (Å²) in [7, 11) is 3.59. The number of hydrogen-bond donors (Lipinski definition) is 1. The first-order valence-electron chi connectivity index (χ1n) is 5.93. The van der Waals surface area contributed by atoms with Crippen molar-refractivity contribution < 1.29 is 4.74 Å². The second kappa shape index (κ2) is 4.82. The minimum absolute atomic E-state index is 0.165. The van der Waals surface area contributed by atoms with Crippen LogP contribution in [0.25, 0.3) is 0 Å². The van der Waals surface area contributed by atoms with Crippen LogP contribution >= 0.6 is 0 Å². The summed E-state index contributed by atoms with van der Waals surface area (Å²) in [5, 5.41) is 4.16. The fourth-order valence-electron chi connectivity index (χ4n) is 2.22. The van der Waals surface area contributed by atoms with Crippen molar-refractivity contribution in [1.82, 2.24) is 9.78 Å². The van der Waals surface area contributed by atoms with E-state index >= 15 is 0 Å². The van der Waals surface area contributed by atoms with Gasteiger partial charge in [0.15, 0.2) is 0 Å². The van der Waals surface area contributed by atoms with Gasteiger partial charge in [-0.05, 0) is 42.7 Å². The molecule has 1 heterocycles. The predicted octanol–water partition coefficient (Wildman–Crippen LogP) is 2.09. The maximum atomic E-state index is 6.32. The van der Waals surface area contributed by atoms with E-state index in [4.69, 9.17) is 10.5 Å². The highest BCUT2D eigenvalue weighted by molar-refractivity contribution is 5.44. The van der Waals surface area contributed by atoms with E-state index in [1.807, 2.05) is 37.7 Å². The molecule has 1 aromatic carbocycles. The van der Waals surface area contributed by atoms with Crippen molar-refractivity contribution in [3.8, 4) is 5.75 Å². The number of hydrogen-bond acceptors (Lipinski definition) is 3. The minimum atomic E-state index is -0.165. The van der Waals surface area contributed by atoms with E-state index in [1.54, 1.807) is 13.3 Å². The third-order valence-electron chi connectivity index (χ3n) is 3.30. The molecule has 0 aliphatic carbocycles. The third-order valence-corrected chi connectivity index (χ3v) is 3.30. The van der Waals surface area contributed by atoms with Gasteiger partial charge in [-0.1, -0.05) is 6.07 Å². The van der Waals surface area contributed by atoms with Crippen molar-refractivity contribution in [2.45, 2.75) is 19.9 Å². The van der Waals surface area contributed by atoms with E-state index in [-0.39, 0.29) is 6.04 Å². The maximum Gasteiger partial charge on any atom is 0.122 e. The van der Waals surface area contributed by atoms with Crippen LogP contribution in [0, 0.1) is 13.8 Å². The zero-order valence-corrected chi connectivity index (χ0v) is 11.3. The molecule has 2 N–H and O–H groups in total. The summed E-state index contributed by atoms with van der Waals surface area (Å²) in [5.41, 5.74) is 10.7. The van der Waals surface area contributed by atoms with E-state index < -0.39 is 0 Å². The van der Waals surface area contributed by atoms with Gasteiger partial charge in [0.05, 0.1) is 18.8 Å². The Morgan fingerprint density at radius 1 is 1.28 bits per heavy atom. The van der Waals surface area contributed by atoms with Crippen molar-refractivity contribution in [2.75, 3.05) is 7.11 Å². The standard InChI is InChI=1S/C14H19N3O/c1-9-8-13(18-4)10(2)7-11(9)14(15)12-5-6-16-17(12)3/h5-8,14H,15H2,1-4H3. The number of nitrogens with two attached hydrogens (primary N) is 1. The lowest BCUT2D eigenvalue weighted by molar-refractivity contribution is 0.411. The molecule has 96 valence electrons. The molecule has 0 radical (unpaired) electrons. The van der Waals surface area contributed by atoms with E-state index in [9.17, 15) is 0 Å². The monoisotopic (exact) mass is 245 g/mol. The van der Waals surface area contributed by atoms with Gasteiger partial charge < -0.3 is 10.5 Å². The van der Waals surface area contributed by atoms with Gasteiger partial charge >= 0.3 is 0 Å². The van der Waals surface area contributed by atoms with Crippen molar-refractivity contribution in [2.24, 2.45) is 12.8 Å². The molecule has 0 amide bonds. The number of benzene rings is 1. The molecule has 1 unspecified atom stereocenters. The Morgan fingerprint density at radius 3 is 2.56 bits per heavy atom. The first-order chi connectivity index (χ1) is 8.54. The predicted molar refractivity (Wildman–Crippen MR) is 71.7 cm³/mol. The normalized spacial score (nSPS) is 12.5. The minimum Gasteiger partial charge on any atom is -0.496 e. The Balaban J connectivity index is 2.46. The van der Waals surface area contributed by atoms with Gasteiger partial charge in [-0.15, -0.1) is 0 Å². The molecule has 0 fully saturated rings. The SMILES string of the molecule is COc1cc(C)c(C(N)c2ccnn2C)cc1C. The number of rotatable bonds is 3. The van der Waals surface area contributed by atoms with Crippen molar-refractivity contribution >= 4 is 0 Å². The highest BCUT2D eigenvalue weighted by atomic mass is 16.5. The molecule has 0 saturated carbocycles. The lowest BCUT2D eigenvalue weighted by atomic mass is 9.96. The summed E-state index contributed by atoms with van der Waals surface area (Å²) in [6, 6.07) is 5.90. The van der Waals surface area contributed by atoms with E-state index in [2.05, 4.69) is 11.2 Å². The van der Waals surface area contributed by atoms with Crippen LogP contribution in [0.3, 0.4) is 0 Å².